The van der Waals surface area contributed by atoms with Crippen molar-refractivity contribution in [2.24, 2.45) is 0 Å². The van der Waals surface area contributed by atoms with E-state index in [1.165, 1.54) is 25.3 Å². The number of nitro groups is 1. The summed E-state index contributed by atoms with van der Waals surface area (Å²) < 4.78 is 15.5. The highest BCUT2D eigenvalue weighted by molar-refractivity contribution is 6.19. The first kappa shape index (κ1) is 15.8. The standard InChI is InChI=1S/C14H12ClNO6/c1-20-13-12(11(6-7-15)22-14(13)17)21-8-9-2-4-10(5-3-9)16(18)19/h2-6H,7-8H2,1H3/b11-6-. The van der Waals surface area contributed by atoms with Gasteiger partial charge < -0.3 is 14.2 Å². The average Bonchev–Trinajstić information content (AvgIpc) is 2.80. The van der Waals surface area contributed by atoms with Gasteiger partial charge >= 0.3 is 5.97 Å². The Bertz CT molecular complexity index is 650. The highest BCUT2D eigenvalue weighted by atomic mass is 35.5. The summed E-state index contributed by atoms with van der Waals surface area (Å²) >= 11 is 5.60. The molecule has 0 aromatic heterocycles. The van der Waals surface area contributed by atoms with Gasteiger partial charge in [-0.25, -0.2) is 4.79 Å². The zero-order valence-corrected chi connectivity index (χ0v) is 12.3. The minimum atomic E-state index is -0.655. The van der Waals surface area contributed by atoms with Crippen LogP contribution in [-0.4, -0.2) is 23.9 Å². The maximum Gasteiger partial charge on any atom is 0.383 e. The number of esters is 1. The van der Waals surface area contributed by atoms with Gasteiger partial charge in [-0.15, -0.1) is 11.6 Å². The summed E-state index contributed by atoms with van der Waals surface area (Å²) in [6.45, 7) is 0.0937. The van der Waals surface area contributed by atoms with E-state index in [0.717, 1.165) is 0 Å². The normalized spacial score (nSPS) is 15.9. The molecule has 1 aliphatic heterocycles. The highest BCUT2D eigenvalue weighted by Gasteiger charge is 2.32. The summed E-state index contributed by atoms with van der Waals surface area (Å²) in [6.07, 6.45) is 1.48. The lowest BCUT2D eigenvalue weighted by Crippen LogP contribution is -2.01. The molecule has 0 radical (unpaired) electrons. The molecule has 0 amide bonds. The van der Waals surface area contributed by atoms with Crippen LogP contribution >= 0.6 is 11.6 Å². The number of rotatable bonds is 6. The molecule has 2 rings (SSSR count). The average molecular weight is 326 g/mol. The second-order valence-corrected chi connectivity index (χ2v) is 4.50. The monoisotopic (exact) mass is 325 g/mol. The van der Waals surface area contributed by atoms with Gasteiger partial charge in [0, 0.05) is 18.0 Å². The number of allylic oxidation sites excluding steroid dienone is 1. The summed E-state index contributed by atoms with van der Waals surface area (Å²) in [5, 5.41) is 10.6. The Morgan fingerprint density at radius 2 is 2.00 bits per heavy atom. The highest BCUT2D eigenvalue weighted by Crippen LogP contribution is 2.28. The first-order valence-corrected chi connectivity index (χ1v) is 6.73. The van der Waals surface area contributed by atoms with Crippen LogP contribution in [0.5, 0.6) is 0 Å². The van der Waals surface area contributed by atoms with Crippen LogP contribution in [-0.2, 0) is 25.6 Å². The van der Waals surface area contributed by atoms with Gasteiger partial charge in [-0.2, -0.15) is 0 Å². The molecule has 1 aromatic carbocycles. The molecule has 0 spiro atoms. The minimum absolute atomic E-state index is 0.0114. The molecule has 0 atom stereocenters. The Kier molecular flexibility index (Phi) is 5.00. The minimum Gasteiger partial charge on any atom is -0.487 e. The number of hydrogen-bond donors (Lipinski definition) is 0. The Labute approximate surface area is 130 Å². The molecule has 1 aliphatic rings. The number of halogens is 1. The molecule has 0 aliphatic carbocycles. The van der Waals surface area contributed by atoms with E-state index >= 15 is 0 Å². The number of non-ortho nitro benzene ring substituents is 1. The Morgan fingerprint density at radius 3 is 2.55 bits per heavy atom. The molecule has 22 heavy (non-hydrogen) atoms. The van der Waals surface area contributed by atoms with Gasteiger partial charge in [0.2, 0.25) is 5.76 Å². The molecular formula is C14H12ClNO6. The van der Waals surface area contributed by atoms with E-state index in [-0.39, 0.29) is 35.5 Å². The van der Waals surface area contributed by atoms with Crippen LogP contribution in [0.1, 0.15) is 5.56 Å². The summed E-state index contributed by atoms with van der Waals surface area (Å²) in [5.41, 5.74) is 0.681. The number of ether oxygens (including phenoxy) is 3. The van der Waals surface area contributed by atoms with Gasteiger partial charge in [0.25, 0.3) is 11.4 Å². The fourth-order valence-corrected chi connectivity index (χ4v) is 1.92. The van der Waals surface area contributed by atoms with Crippen molar-refractivity contribution >= 4 is 23.3 Å². The third kappa shape index (κ3) is 3.37. The maximum atomic E-state index is 11.6. The van der Waals surface area contributed by atoms with E-state index in [1.807, 2.05) is 0 Å². The number of nitro benzene ring substituents is 1. The third-order valence-corrected chi connectivity index (χ3v) is 2.97. The van der Waals surface area contributed by atoms with Crippen LogP contribution in [0.15, 0.2) is 47.6 Å². The summed E-state index contributed by atoms with van der Waals surface area (Å²) in [6, 6.07) is 5.87. The Balaban J connectivity index is 2.14. The number of methoxy groups -OCH3 is 1. The van der Waals surface area contributed by atoms with Gasteiger partial charge in [-0.3, -0.25) is 10.1 Å². The summed E-state index contributed by atoms with van der Waals surface area (Å²) in [4.78, 5) is 21.7. The van der Waals surface area contributed by atoms with Crippen molar-refractivity contribution in [1.82, 2.24) is 0 Å². The molecule has 0 saturated carbocycles. The van der Waals surface area contributed by atoms with Crippen LogP contribution in [0.3, 0.4) is 0 Å². The lowest BCUT2D eigenvalue weighted by molar-refractivity contribution is -0.384. The van der Waals surface area contributed by atoms with Gasteiger partial charge in [0.05, 0.1) is 12.0 Å². The van der Waals surface area contributed by atoms with E-state index in [1.54, 1.807) is 12.1 Å². The number of nitrogens with zero attached hydrogens (tertiary/aromatic N) is 1. The number of cyclic esters (lactones) is 1. The fraction of sp³-hybridized carbons (Fsp3) is 0.214. The van der Waals surface area contributed by atoms with Crippen molar-refractivity contribution in [2.45, 2.75) is 6.61 Å². The quantitative estimate of drug-likeness (QED) is 0.346. The molecule has 1 aromatic rings. The maximum absolute atomic E-state index is 11.6. The number of hydrogen-bond acceptors (Lipinski definition) is 6. The SMILES string of the molecule is COC1=C(OCc2ccc([N+](=O)[O-])cc2)/C(=C/CCl)OC1=O. The zero-order chi connectivity index (χ0) is 16.1. The first-order valence-electron chi connectivity index (χ1n) is 6.20. The van der Waals surface area contributed by atoms with Gasteiger partial charge in [-0.1, -0.05) is 0 Å². The number of carbonyl (C=O) groups is 1. The second-order valence-electron chi connectivity index (χ2n) is 4.19. The van der Waals surface area contributed by atoms with E-state index < -0.39 is 10.9 Å². The second kappa shape index (κ2) is 6.95. The smallest absolute Gasteiger partial charge is 0.383 e. The van der Waals surface area contributed by atoms with E-state index in [9.17, 15) is 14.9 Å². The number of carbonyl (C=O) groups excluding carboxylic acids is 1. The molecule has 0 N–H and O–H groups in total. The van der Waals surface area contributed by atoms with Crippen molar-refractivity contribution in [3.05, 3.63) is 63.3 Å². The van der Waals surface area contributed by atoms with Gasteiger partial charge in [0.1, 0.15) is 6.61 Å². The molecule has 8 heteroatoms. The van der Waals surface area contributed by atoms with E-state index in [0.29, 0.717) is 5.56 Å². The molecule has 0 fully saturated rings. The summed E-state index contributed by atoms with van der Waals surface area (Å²) in [7, 11) is 1.33. The van der Waals surface area contributed by atoms with Crippen molar-refractivity contribution in [3.63, 3.8) is 0 Å². The molecule has 0 saturated heterocycles. The Hall–Kier alpha value is -2.54. The summed E-state index contributed by atoms with van der Waals surface area (Å²) in [5.74, 6) is -0.203. The fourth-order valence-electron chi connectivity index (χ4n) is 1.78. The lowest BCUT2D eigenvalue weighted by Gasteiger charge is -2.08. The van der Waals surface area contributed by atoms with Crippen LogP contribution in [0.4, 0.5) is 5.69 Å². The molecule has 0 bridgehead atoms. The third-order valence-electron chi connectivity index (χ3n) is 2.82. The van der Waals surface area contributed by atoms with Crippen LogP contribution in [0.25, 0.3) is 0 Å². The molecule has 1 heterocycles. The largest absolute Gasteiger partial charge is 0.487 e. The van der Waals surface area contributed by atoms with Crippen LogP contribution in [0, 0.1) is 10.1 Å². The Morgan fingerprint density at radius 1 is 1.32 bits per heavy atom. The zero-order valence-electron chi connectivity index (χ0n) is 11.6. The first-order chi connectivity index (χ1) is 10.6. The van der Waals surface area contributed by atoms with Crippen molar-refractivity contribution < 1.29 is 23.9 Å². The van der Waals surface area contributed by atoms with Crippen molar-refractivity contribution in [2.75, 3.05) is 13.0 Å². The van der Waals surface area contributed by atoms with Gasteiger partial charge in [0.15, 0.2) is 5.76 Å². The molecule has 0 unspecified atom stereocenters. The van der Waals surface area contributed by atoms with Crippen LogP contribution < -0.4 is 0 Å². The predicted molar refractivity (Wildman–Crippen MR) is 76.8 cm³/mol. The van der Waals surface area contributed by atoms with Gasteiger partial charge in [-0.05, 0) is 23.8 Å². The van der Waals surface area contributed by atoms with Crippen LogP contribution in [0.2, 0.25) is 0 Å². The molecule has 7 nitrogen and oxygen atoms in total. The molecular weight excluding hydrogens is 314 g/mol. The number of alkyl halides is 1. The number of benzene rings is 1. The molecule has 116 valence electrons. The predicted octanol–water partition coefficient (Wildman–Crippen LogP) is 2.65. The van der Waals surface area contributed by atoms with E-state index in [4.69, 9.17) is 25.8 Å². The van der Waals surface area contributed by atoms with Crippen molar-refractivity contribution in [1.29, 1.82) is 0 Å². The topological polar surface area (TPSA) is 87.9 Å². The van der Waals surface area contributed by atoms with Crippen molar-refractivity contribution in [3.8, 4) is 0 Å². The lowest BCUT2D eigenvalue weighted by atomic mass is 10.2. The van der Waals surface area contributed by atoms with E-state index in [2.05, 4.69) is 0 Å².